The smallest absolute Gasteiger partial charge is 0.744 e. The number of sulfone groups is 1. The van der Waals surface area contributed by atoms with Gasteiger partial charge in [0.1, 0.15) is 21.6 Å². The van der Waals surface area contributed by atoms with Crippen LogP contribution in [-0.4, -0.2) is 28.5 Å². The Labute approximate surface area is 261 Å². The molecule has 0 aliphatic heterocycles. The Morgan fingerprint density at radius 2 is 1.32 bits per heavy atom. The molecule has 0 N–H and O–H groups in total. The van der Waals surface area contributed by atoms with Crippen molar-refractivity contribution in [2.75, 3.05) is 7.11 Å². The second-order valence-corrected chi connectivity index (χ2v) is 10.9. The molecule has 0 aliphatic rings. The van der Waals surface area contributed by atoms with Gasteiger partial charge in [-0.3, -0.25) is 0 Å². The summed E-state index contributed by atoms with van der Waals surface area (Å²) in [6.07, 6.45) is 0. The Balaban J connectivity index is 0.00000241. The van der Waals surface area contributed by atoms with E-state index in [4.69, 9.17) is 9.47 Å². The van der Waals surface area contributed by atoms with Crippen LogP contribution in [0, 0.1) is 13.0 Å². The number of benzene rings is 4. The number of aryl methyl sites for hydroxylation is 1. The van der Waals surface area contributed by atoms with Crippen LogP contribution in [0.5, 0.6) is 17.2 Å². The SMILES string of the molecule is COc1ccc(S(=O)(=O)c2c[c-]c(Oc3ccc(-c4ccc(C)cc4)cc3)cc2)cc1S(=O)(=O)[O-].[Na+].[Na+]. The van der Waals surface area contributed by atoms with E-state index in [9.17, 15) is 21.4 Å². The van der Waals surface area contributed by atoms with Gasteiger partial charge in [0.25, 0.3) is 0 Å². The number of hydrogen-bond acceptors (Lipinski definition) is 7. The Morgan fingerprint density at radius 3 is 1.84 bits per heavy atom. The number of methoxy groups -OCH3 is 1. The van der Waals surface area contributed by atoms with Gasteiger partial charge >= 0.3 is 59.1 Å². The first kappa shape index (κ1) is 31.6. The summed E-state index contributed by atoms with van der Waals surface area (Å²) in [7, 11) is -7.88. The van der Waals surface area contributed by atoms with Crippen LogP contribution in [0.3, 0.4) is 0 Å². The molecule has 4 aromatic rings. The van der Waals surface area contributed by atoms with Crippen LogP contribution in [0.2, 0.25) is 0 Å². The number of rotatable bonds is 7. The molecule has 0 saturated heterocycles. The van der Waals surface area contributed by atoms with E-state index in [-0.39, 0.29) is 74.7 Å². The summed E-state index contributed by atoms with van der Waals surface area (Å²) >= 11 is 0. The first-order chi connectivity index (χ1) is 16.6. The van der Waals surface area contributed by atoms with E-state index in [1.165, 1.54) is 36.9 Å². The average molecular weight is 555 g/mol. The van der Waals surface area contributed by atoms with Crippen molar-refractivity contribution in [2.24, 2.45) is 0 Å². The molecular weight excluding hydrogens is 534 g/mol. The van der Waals surface area contributed by atoms with Crippen molar-refractivity contribution in [1.29, 1.82) is 0 Å². The zero-order valence-corrected chi connectivity index (χ0v) is 26.4. The van der Waals surface area contributed by atoms with Gasteiger partial charge in [-0.15, -0.1) is 12.1 Å². The fourth-order valence-electron chi connectivity index (χ4n) is 3.37. The van der Waals surface area contributed by atoms with E-state index >= 15 is 0 Å². The predicted octanol–water partition coefficient (Wildman–Crippen LogP) is -0.992. The quantitative estimate of drug-likeness (QED) is 0.164. The van der Waals surface area contributed by atoms with Gasteiger partial charge in [-0.05, 0) is 53.3 Å². The van der Waals surface area contributed by atoms with E-state index in [1.807, 2.05) is 43.3 Å². The third kappa shape index (κ3) is 7.47. The molecule has 0 atom stereocenters. The second kappa shape index (κ2) is 12.9. The van der Waals surface area contributed by atoms with Crippen LogP contribution in [0.4, 0.5) is 0 Å². The Hall–Kier alpha value is -1.66. The van der Waals surface area contributed by atoms with Gasteiger partial charge < -0.3 is 14.0 Å². The average Bonchev–Trinajstić information content (AvgIpc) is 2.84. The zero-order valence-electron chi connectivity index (χ0n) is 20.8. The molecule has 4 aromatic carbocycles. The summed E-state index contributed by atoms with van der Waals surface area (Å²) in [4.78, 5) is -1.25. The largest absolute Gasteiger partial charge is 1.00 e. The van der Waals surface area contributed by atoms with Gasteiger partial charge in [0.05, 0.1) is 16.9 Å². The minimum absolute atomic E-state index is 0. The molecule has 0 spiro atoms. The fourth-order valence-corrected chi connectivity index (χ4v) is 5.37. The van der Waals surface area contributed by atoms with Crippen molar-refractivity contribution in [3.05, 3.63) is 96.6 Å². The molecule has 0 unspecified atom stereocenters. The summed E-state index contributed by atoms with van der Waals surface area (Å²) in [6, 6.07) is 25.4. The zero-order chi connectivity index (χ0) is 25.2. The van der Waals surface area contributed by atoms with Crippen LogP contribution in [0.25, 0.3) is 11.1 Å². The summed E-state index contributed by atoms with van der Waals surface area (Å²) < 4.78 is 71.1. The molecule has 0 radical (unpaired) electrons. The standard InChI is InChI=1S/C26H21O7S2.2Na/c1-18-3-5-19(6-4-18)20-7-9-21(10-8-20)33-22-11-13-23(14-12-22)34(27,28)24-15-16-25(32-2)26(17-24)35(29,30)31;;/h3-11,13-17H,1-2H3,(H,29,30,31);;/q-1;2*+1/p-1. The van der Waals surface area contributed by atoms with E-state index in [0.29, 0.717) is 11.5 Å². The first-order valence-electron chi connectivity index (χ1n) is 10.3. The molecule has 0 fully saturated rings. The Bertz CT molecular complexity index is 1570. The van der Waals surface area contributed by atoms with E-state index in [1.54, 1.807) is 12.1 Å². The van der Waals surface area contributed by atoms with Crippen LogP contribution in [0.15, 0.2) is 99.6 Å². The van der Waals surface area contributed by atoms with Gasteiger partial charge in [-0.25, -0.2) is 16.8 Å². The molecule has 0 bridgehead atoms. The third-order valence-corrected chi connectivity index (χ3v) is 7.85. The fraction of sp³-hybridized carbons (Fsp3) is 0.0769. The monoisotopic (exact) mass is 554 g/mol. The van der Waals surface area contributed by atoms with Gasteiger partial charge in [0.2, 0.25) is 0 Å². The van der Waals surface area contributed by atoms with Gasteiger partial charge in [-0.1, -0.05) is 42.0 Å². The molecule has 0 saturated carbocycles. The summed E-state index contributed by atoms with van der Waals surface area (Å²) in [5, 5.41) is 0. The minimum atomic E-state index is -4.94. The van der Waals surface area contributed by atoms with E-state index in [0.717, 1.165) is 23.3 Å². The minimum Gasteiger partial charge on any atom is -0.744 e. The summed E-state index contributed by atoms with van der Waals surface area (Å²) in [5.41, 5.74) is 3.29. The maximum Gasteiger partial charge on any atom is 1.00 e. The number of ether oxygens (including phenoxy) is 2. The van der Waals surface area contributed by atoms with Crippen molar-refractivity contribution in [2.45, 2.75) is 21.6 Å². The molecule has 0 heterocycles. The van der Waals surface area contributed by atoms with Crippen molar-refractivity contribution in [3.8, 4) is 28.4 Å². The van der Waals surface area contributed by atoms with Crippen molar-refractivity contribution >= 4 is 20.0 Å². The molecule has 7 nitrogen and oxygen atoms in total. The van der Waals surface area contributed by atoms with Gasteiger partial charge in [0, 0.05) is 5.75 Å². The molecular formula is C26H20Na2O7S2. The Morgan fingerprint density at radius 1 is 0.757 bits per heavy atom. The van der Waals surface area contributed by atoms with Gasteiger partial charge in [0.15, 0.2) is 9.84 Å². The molecule has 0 aliphatic carbocycles. The maximum atomic E-state index is 13.0. The van der Waals surface area contributed by atoms with Crippen molar-refractivity contribution in [1.82, 2.24) is 0 Å². The molecule has 37 heavy (non-hydrogen) atoms. The van der Waals surface area contributed by atoms with Crippen LogP contribution in [-0.2, 0) is 20.0 Å². The first-order valence-corrected chi connectivity index (χ1v) is 13.2. The maximum absolute atomic E-state index is 13.0. The molecule has 11 heteroatoms. The van der Waals surface area contributed by atoms with Crippen LogP contribution >= 0.6 is 0 Å². The Kier molecular flexibility index (Phi) is 11.0. The van der Waals surface area contributed by atoms with E-state index < -0.39 is 24.9 Å². The molecule has 0 amide bonds. The molecule has 0 aromatic heterocycles. The van der Waals surface area contributed by atoms with Crippen molar-refractivity contribution in [3.63, 3.8) is 0 Å². The van der Waals surface area contributed by atoms with Crippen molar-refractivity contribution < 1.29 is 90.0 Å². The molecule has 4 rings (SSSR count). The summed E-state index contributed by atoms with van der Waals surface area (Å²) in [5.74, 6) is 0.611. The normalized spacial score (nSPS) is 11.1. The summed E-state index contributed by atoms with van der Waals surface area (Å²) in [6.45, 7) is 2.03. The van der Waals surface area contributed by atoms with E-state index in [2.05, 4.69) is 6.07 Å². The van der Waals surface area contributed by atoms with Crippen LogP contribution in [0.1, 0.15) is 5.56 Å². The number of hydrogen-bond donors (Lipinski definition) is 0. The second-order valence-electron chi connectivity index (χ2n) is 7.65. The topological polar surface area (TPSA) is 110 Å². The third-order valence-electron chi connectivity index (χ3n) is 5.25. The van der Waals surface area contributed by atoms with Crippen LogP contribution < -0.4 is 68.6 Å². The van der Waals surface area contributed by atoms with Gasteiger partial charge in [-0.2, -0.15) is 12.1 Å². The molecule has 180 valence electrons. The predicted molar refractivity (Wildman–Crippen MR) is 128 cm³/mol.